The molecule has 0 aliphatic rings. The summed E-state index contributed by atoms with van der Waals surface area (Å²) in [6.07, 6.45) is 2.19. The van der Waals surface area contributed by atoms with Crippen molar-refractivity contribution >= 4 is 23.2 Å². The number of nitrogens with one attached hydrogen (secondary N) is 1. The van der Waals surface area contributed by atoms with E-state index in [1.54, 1.807) is 0 Å². The largest absolute Gasteiger partial charge is 0.330 e. The van der Waals surface area contributed by atoms with Gasteiger partial charge in [-0.15, -0.1) is 0 Å². The maximum atomic E-state index is 5.97. The Balaban J connectivity index is 2.12. The fraction of sp³-hybridized carbons (Fsp3) is 0.571. The van der Waals surface area contributed by atoms with Crippen LogP contribution in [0.15, 0.2) is 18.2 Å². The molecule has 0 aromatic heterocycles. The lowest BCUT2D eigenvalue weighted by molar-refractivity contribution is 0.324. The number of nitrogens with zero attached hydrogens (tertiary/aromatic N) is 1. The summed E-state index contributed by atoms with van der Waals surface area (Å²) in [5.74, 6) is 0. The molecule has 0 atom stereocenters. The molecule has 3 nitrogen and oxygen atoms in total. The molecule has 0 bridgehead atoms. The van der Waals surface area contributed by atoms with Crippen molar-refractivity contribution in [3.63, 3.8) is 0 Å². The number of hydrogen-bond donors (Lipinski definition) is 2. The van der Waals surface area contributed by atoms with Crippen molar-refractivity contribution in [2.24, 2.45) is 5.73 Å². The molecular formula is C14H23Cl2N3. The van der Waals surface area contributed by atoms with Crippen LogP contribution >= 0.6 is 23.2 Å². The lowest BCUT2D eigenvalue weighted by Crippen LogP contribution is -2.26. The highest BCUT2D eigenvalue weighted by atomic mass is 35.5. The van der Waals surface area contributed by atoms with Gasteiger partial charge in [-0.3, -0.25) is 0 Å². The zero-order chi connectivity index (χ0) is 14.1. The number of rotatable bonds is 9. The predicted molar refractivity (Wildman–Crippen MR) is 84.0 cm³/mol. The van der Waals surface area contributed by atoms with Crippen molar-refractivity contribution < 1.29 is 0 Å². The second-order valence-electron chi connectivity index (χ2n) is 4.72. The smallest absolute Gasteiger partial charge is 0.0595 e. The molecule has 0 radical (unpaired) electrons. The van der Waals surface area contributed by atoms with Crippen LogP contribution in [0.25, 0.3) is 0 Å². The summed E-state index contributed by atoms with van der Waals surface area (Å²) in [7, 11) is 2.13. The van der Waals surface area contributed by atoms with E-state index in [1.165, 1.54) is 0 Å². The zero-order valence-electron chi connectivity index (χ0n) is 11.5. The van der Waals surface area contributed by atoms with E-state index in [1.807, 2.05) is 18.2 Å². The van der Waals surface area contributed by atoms with Crippen molar-refractivity contribution in [1.82, 2.24) is 10.2 Å². The molecule has 108 valence electrons. The SMILES string of the molecule is CN(CCCN)CCCNCc1ccc(Cl)c(Cl)c1. The minimum Gasteiger partial charge on any atom is -0.330 e. The Labute approximate surface area is 126 Å². The molecule has 1 aromatic carbocycles. The predicted octanol–water partition coefficient (Wildman–Crippen LogP) is 2.75. The van der Waals surface area contributed by atoms with Crippen molar-refractivity contribution in [3.05, 3.63) is 33.8 Å². The summed E-state index contributed by atoms with van der Waals surface area (Å²) in [4.78, 5) is 2.31. The molecule has 0 amide bonds. The van der Waals surface area contributed by atoms with E-state index in [2.05, 4.69) is 17.3 Å². The van der Waals surface area contributed by atoms with E-state index in [9.17, 15) is 0 Å². The second kappa shape index (κ2) is 9.56. The third-order valence-electron chi connectivity index (χ3n) is 2.95. The molecule has 1 aromatic rings. The summed E-state index contributed by atoms with van der Waals surface area (Å²) in [5.41, 5.74) is 6.64. The van der Waals surface area contributed by atoms with E-state index in [0.717, 1.165) is 51.1 Å². The molecule has 0 aliphatic carbocycles. The first-order valence-corrected chi connectivity index (χ1v) is 7.42. The number of benzene rings is 1. The average molecular weight is 304 g/mol. The van der Waals surface area contributed by atoms with Crippen LogP contribution < -0.4 is 11.1 Å². The molecule has 0 saturated carbocycles. The van der Waals surface area contributed by atoms with Gasteiger partial charge in [-0.2, -0.15) is 0 Å². The van der Waals surface area contributed by atoms with Crippen molar-refractivity contribution in [2.75, 3.05) is 33.2 Å². The molecule has 0 unspecified atom stereocenters. The highest BCUT2D eigenvalue weighted by Crippen LogP contribution is 2.22. The van der Waals surface area contributed by atoms with E-state index in [-0.39, 0.29) is 0 Å². The van der Waals surface area contributed by atoms with Gasteiger partial charge < -0.3 is 16.0 Å². The highest BCUT2D eigenvalue weighted by molar-refractivity contribution is 6.42. The average Bonchev–Trinajstić information content (AvgIpc) is 2.40. The lowest BCUT2D eigenvalue weighted by atomic mass is 10.2. The molecule has 19 heavy (non-hydrogen) atoms. The van der Waals surface area contributed by atoms with Crippen LogP contribution in [0.2, 0.25) is 10.0 Å². The van der Waals surface area contributed by atoms with Gasteiger partial charge >= 0.3 is 0 Å². The maximum absolute atomic E-state index is 5.97. The monoisotopic (exact) mass is 303 g/mol. The Hall–Kier alpha value is -0.320. The van der Waals surface area contributed by atoms with Gasteiger partial charge in [0.2, 0.25) is 0 Å². The fourth-order valence-electron chi connectivity index (χ4n) is 1.83. The summed E-state index contributed by atoms with van der Waals surface area (Å²) >= 11 is 11.8. The Morgan fingerprint density at radius 3 is 2.58 bits per heavy atom. The molecule has 5 heteroatoms. The first-order chi connectivity index (χ1) is 9.13. The van der Waals surface area contributed by atoms with Crippen molar-refractivity contribution in [1.29, 1.82) is 0 Å². The first kappa shape index (κ1) is 16.7. The summed E-state index contributed by atoms with van der Waals surface area (Å²) in [6, 6.07) is 5.74. The third kappa shape index (κ3) is 7.14. The second-order valence-corrected chi connectivity index (χ2v) is 5.54. The van der Waals surface area contributed by atoms with Crippen LogP contribution in [0.5, 0.6) is 0 Å². The minimum absolute atomic E-state index is 0.604. The maximum Gasteiger partial charge on any atom is 0.0595 e. The van der Waals surface area contributed by atoms with Crippen molar-refractivity contribution in [2.45, 2.75) is 19.4 Å². The van der Waals surface area contributed by atoms with Gasteiger partial charge in [-0.25, -0.2) is 0 Å². The zero-order valence-corrected chi connectivity index (χ0v) is 13.0. The van der Waals surface area contributed by atoms with E-state index in [4.69, 9.17) is 28.9 Å². The van der Waals surface area contributed by atoms with Gasteiger partial charge in [-0.05, 0) is 63.8 Å². The van der Waals surface area contributed by atoms with Gasteiger partial charge in [0.1, 0.15) is 0 Å². The third-order valence-corrected chi connectivity index (χ3v) is 3.69. The van der Waals surface area contributed by atoms with Gasteiger partial charge in [0.05, 0.1) is 10.0 Å². The van der Waals surface area contributed by atoms with Crippen LogP contribution in [0, 0.1) is 0 Å². The van der Waals surface area contributed by atoms with Crippen LogP contribution in [-0.4, -0.2) is 38.1 Å². The molecule has 3 N–H and O–H groups in total. The van der Waals surface area contributed by atoms with Crippen LogP contribution in [0.3, 0.4) is 0 Å². The Morgan fingerprint density at radius 1 is 1.16 bits per heavy atom. The highest BCUT2D eigenvalue weighted by Gasteiger charge is 2.00. The summed E-state index contributed by atoms with van der Waals surface area (Å²) < 4.78 is 0. The van der Waals surface area contributed by atoms with E-state index in [0.29, 0.717) is 10.0 Å². The molecule has 0 spiro atoms. The number of hydrogen-bond acceptors (Lipinski definition) is 3. The topological polar surface area (TPSA) is 41.3 Å². The molecule has 0 saturated heterocycles. The van der Waals surface area contributed by atoms with E-state index < -0.39 is 0 Å². The Morgan fingerprint density at radius 2 is 1.89 bits per heavy atom. The first-order valence-electron chi connectivity index (χ1n) is 6.66. The molecule has 0 fully saturated rings. The molecule has 0 aliphatic heterocycles. The van der Waals surface area contributed by atoms with Crippen LogP contribution in [0.1, 0.15) is 18.4 Å². The normalized spacial score (nSPS) is 11.2. The minimum atomic E-state index is 0.604. The van der Waals surface area contributed by atoms with Crippen LogP contribution in [-0.2, 0) is 6.54 Å². The van der Waals surface area contributed by atoms with Gasteiger partial charge in [-0.1, -0.05) is 29.3 Å². The van der Waals surface area contributed by atoms with Gasteiger partial charge in [0.15, 0.2) is 0 Å². The van der Waals surface area contributed by atoms with Crippen molar-refractivity contribution in [3.8, 4) is 0 Å². The quantitative estimate of drug-likeness (QED) is 0.689. The Kier molecular flexibility index (Phi) is 8.42. The molecule has 1 rings (SSSR count). The van der Waals surface area contributed by atoms with Gasteiger partial charge in [0, 0.05) is 6.54 Å². The van der Waals surface area contributed by atoms with Gasteiger partial charge in [0.25, 0.3) is 0 Å². The molecular weight excluding hydrogens is 281 g/mol. The number of halogens is 2. The van der Waals surface area contributed by atoms with E-state index >= 15 is 0 Å². The van der Waals surface area contributed by atoms with Crippen LogP contribution in [0.4, 0.5) is 0 Å². The molecule has 0 heterocycles. The standard InChI is InChI=1S/C14H23Cl2N3/c1-19(8-2-6-17)9-3-7-18-11-12-4-5-13(15)14(16)10-12/h4-5,10,18H,2-3,6-9,11,17H2,1H3. The summed E-state index contributed by atoms with van der Waals surface area (Å²) in [5, 5.41) is 4.62. The number of nitrogens with two attached hydrogens (primary N) is 1. The Bertz CT molecular complexity index is 372. The summed E-state index contributed by atoms with van der Waals surface area (Å²) in [6.45, 7) is 4.74. The lowest BCUT2D eigenvalue weighted by Gasteiger charge is -2.15. The fourth-order valence-corrected chi connectivity index (χ4v) is 2.15.